The number of methoxy groups -OCH3 is 2. The number of rotatable bonds is 4. The smallest absolute Gasteiger partial charge is 0.340 e. The summed E-state index contributed by atoms with van der Waals surface area (Å²) in [6.45, 7) is 1.70. The first kappa shape index (κ1) is 20.2. The Balaban J connectivity index is 2.19. The number of hydrogen-bond acceptors (Lipinski definition) is 4. The Labute approximate surface area is 176 Å². The van der Waals surface area contributed by atoms with E-state index in [-0.39, 0.29) is 17.1 Å². The Kier molecular flexibility index (Phi) is 5.91. The quantitative estimate of drug-likeness (QED) is 0.474. The maximum Gasteiger partial charge on any atom is 0.340 e. The van der Waals surface area contributed by atoms with Crippen LogP contribution in [0.5, 0.6) is 5.75 Å². The summed E-state index contributed by atoms with van der Waals surface area (Å²) >= 11 is 9.50. The fraction of sp³-hybridized carbons (Fsp3) is 0.143. The van der Waals surface area contributed by atoms with Gasteiger partial charge in [-0.15, -0.1) is 0 Å². The molecule has 0 spiro atoms. The van der Waals surface area contributed by atoms with Crippen LogP contribution in [-0.4, -0.2) is 26.1 Å². The van der Waals surface area contributed by atoms with Gasteiger partial charge in [0.05, 0.1) is 31.1 Å². The van der Waals surface area contributed by atoms with E-state index in [1.165, 1.54) is 12.0 Å². The summed E-state index contributed by atoms with van der Waals surface area (Å²) in [6, 6.07) is 12.3. The molecule has 2 aromatic carbocycles. The maximum absolute atomic E-state index is 13.3. The lowest BCUT2D eigenvalue weighted by molar-refractivity contribution is -0.136. The molecule has 0 unspecified atom stereocenters. The van der Waals surface area contributed by atoms with Gasteiger partial charge in [0.25, 0.3) is 5.91 Å². The molecule has 1 amide bonds. The van der Waals surface area contributed by atoms with Crippen LogP contribution >= 0.6 is 27.5 Å². The van der Waals surface area contributed by atoms with Gasteiger partial charge in [0.2, 0.25) is 0 Å². The minimum atomic E-state index is -0.587. The molecule has 0 bridgehead atoms. The lowest BCUT2D eigenvalue weighted by Gasteiger charge is -2.18. The second kappa shape index (κ2) is 8.20. The van der Waals surface area contributed by atoms with Gasteiger partial charge in [-0.3, -0.25) is 9.69 Å². The van der Waals surface area contributed by atoms with Gasteiger partial charge in [0, 0.05) is 20.8 Å². The first-order valence-corrected chi connectivity index (χ1v) is 9.49. The van der Waals surface area contributed by atoms with Gasteiger partial charge in [0.1, 0.15) is 5.75 Å². The third-order valence-corrected chi connectivity index (χ3v) is 5.08. The molecule has 0 atom stereocenters. The molecule has 0 aliphatic carbocycles. The standard InChI is InChI=1S/C21H17BrClNO4/c1-12-19(21(26)28-3)17(10-13-9-14(22)7-8-18(13)27-2)20(25)24(12)16-6-4-5-15(23)11-16/h4-11H,1-3H3/b17-10-. The number of benzene rings is 2. The predicted octanol–water partition coefficient (Wildman–Crippen LogP) is 4.99. The summed E-state index contributed by atoms with van der Waals surface area (Å²) in [7, 11) is 2.83. The van der Waals surface area contributed by atoms with Crippen LogP contribution in [-0.2, 0) is 14.3 Å². The SMILES string of the molecule is COC(=O)C1=C(C)N(c2cccc(Cl)c2)C(=O)/C1=C\c1cc(Br)ccc1OC. The van der Waals surface area contributed by atoms with E-state index in [2.05, 4.69) is 15.9 Å². The summed E-state index contributed by atoms with van der Waals surface area (Å²) in [4.78, 5) is 27.2. The van der Waals surface area contributed by atoms with Crippen LogP contribution in [0.25, 0.3) is 6.08 Å². The molecule has 2 aromatic rings. The van der Waals surface area contributed by atoms with Crippen LogP contribution in [0, 0.1) is 0 Å². The van der Waals surface area contributed by atoms with E-state index in [4.69, 9.17) is 21.1 Å². The van der Waals surface area contributed by atoms with Gasteiger partial charge >= 0.3 is 5.97 Å². The van der Waals surface area contributed by atoms with Crippen LogP contribution in [0.15, 0.2) is 63.8 Å². The van der Waals surface area contributed by atoms with Crippen LogP contribution in [0.4, 0.5) is 5.69 Å². The second-order valence-corrected chi connectivity index (χ2v) is 7.37. The number of allylic oxidation sites excluding steroid dienone is 1. The van der Waals surface area contributed by atoms with Crippen LogP contribution in [0.1, 0.15) is 12.5 Å². The molecule has 7 heteroatoms. The van der Waals surface area contributed by atoms with E-state index in [0.29, 0.717) is 27.7 Å². The molecule has 0 saturated heterocycles. The number of amides is 1. The molecular weight excluding hydrogens is 446 g/mol. The number of hydrogen-bond donors (Lipinski definition) is 0. The maximum atomic E-state index is 13.3. The summed E-state index contributed by atoms with van der Waals surface area (Å²) in [5.74, 6) is -0.357. The highest BCUT2D eigenvalue weighted by molar-refractivity contribution is 9.10. The Morgan fingerprint density at radius 3 is 2.57 bits per heavy atom. The first-order chi connectivity index (χ1) is 13.4. The fourth-order valence-electron chi connectivity index (χ4n) is 3.08. The molecule has 28 heavy (non-hydrogen) atoms. The van der Waals surface area contributed by atoms with E-state index in [0.717, 1.165) is 4.47 Å². The number of ether oxygens (including phenoxy) is 2. The van der Waals surface area contributed by atoms with Gasteiger partial charge in [-0.1, -0.05) is 33.6 Å². The van der Waals surface area contributed by atoms with Crippen molar-refractivity contribution in [3.05, 3.63) is 74.4 Å². The highest BCUT2D eigenvalue weighted by Gasteiger charge is 2.38. The number of halogens is 2. The van der Waals surface area contributed by atoms with Gasteiger partial charge < -0.3 is 9.47 Å². The van der Waals surface area contributed by atoms with Crippen LogP contribution in [0.2, 0.25) is 5.02 Å². The minimum Gasteiger partial charge on any atom is -0.496 e. The van der Waals surface area contributed by atoms with Crippen molar-refractivity contribution in [3.8, 4) is 5.75 Å². The average Bonchev–Trinajstić information content (AvgIpc) is 2.91. The molecule has 1 aliphatic rings. The van der Waals surface area contributed by atoms with E-state index in [1.807, 2.05) is 12.1 Å². The number of nitrogens with zero attached hydrogens (tertiary/aromatic N) is 1. The third kappa shape index (κ3) is 3.70. The van der Waals surface area contributed by atoms with Crippen LogP contribution in [0.3, 0.4) is 0 Å². The minimum absolute atomic E-state index is 0.203. The van der Waals surface area contributed by atoms with Crippen molar-refractivity contribution in [1.29, 1.82) is 0 Å². The van der Waals surface area contributed by atoms with Crippen molar-refractivity contribution in [1.82, 2.24) is 0 Å². The van der Waals surface area contributed by atoms with Gasteiger partial charge in [-0.25, -0.2) is 4.79 Å². The van der Waals surface area contributed by atoms with Gasteiger partial charge in [0.15, 0.2) is 0 Å². The molecule has 5 nitrogen and oxygen atoms in total. The van der Waals surface area contributed by atoms with Crippen molar-refractivity contribution in [2.45, 2.75) is 6.92 Å². The van der Waals surface area contributed by atoms with E-state index >= 15 is 0 Å². The molecule has 0 saturated carbocycles. The normalized spacial score (nSPS) is 15.4. The van der Waals surface area contributed by atoms with Crippen molar-refractivity contribution in [2.75, 3.05) is 19.1 Å². The number of anilines is 1. The van der Waals surface area contributed by atoms with E-state index in [9.17, 15) is 9.59 Å². The molecule has 0 fully saturated rings. The Hall–Kier alpha value is -2.57. The zero-order valence-electron chi connectivity index (χ0n) is 15.5. The van der Waals surface area contributed by atoms with Gasteiger partial charge in [-0.05, 0) is 49.4 Å². The monoisotopic (exact) mass is 461 g/mol. The summed E-state index contributed by atoms with van der Waals surface area (Å²) < 4.78 is 11.1. The highest BCUT2D eigenvalue weighted by atomic mass is 79.9. The second-order valence-electron chi connectivity index (χ2n) is 6.02. The molecule has 0 N–H and O–H groups in total. The molecule has 0 aromatic heterocycles. The lowest BCUT2D eigenvalue weighted by atomic mass is 10.0. The van der Waals surface area contributed by atoms with Crippen molar-refractivity contribution < 1.29 is 19.1 Å². The molecule has 1 aliphatic heterocycles. The van der Waals surface area contributed by atoms with Crippen molar-refractivity contribution >= 4 is 51.2 Å². The van der Waals surface area contributed by atoms with Gasteiger partial charge in [-0.2, -0.15) is 0 Å². The van der Waals surface area contributed by atoms with Crippen LogP contribution < -0.4 is 9.64 Å². The Morgan fingerprint density at radius 2 is 1.93 bits per heavy atom. The number of esters is 1. The third-order valence-electron chi connectivity index (χ3n) is 4.35. The Morgan fingerprint density at radius 1 is 1.18 bits per heavy atom. The molecular formula is C21H17BrClNO4. The fourth-order valence-corrected chi connectivity index (χ4v) is 3.64. The zero-order valence-corrected chi connectivity index (χ0v) is 17.8. The Bertz CT molecular complexity index is 1030. The summed E-state index contributed by atoms with van der Waals surface area (Å²) in [5, 5.41) is 0.490. The van der Waals surface area contributed by atoms with Crippen molar-refractivity contribution in [2.24, 2.45) is 0 Å². The lowest BCUT2D eigenvalue weighted by Crippen LogP contribution is -2.24. The number of carbonyl (C=O) groups excluding carboxylic acids is 2. The molecule has 1 heterocycles. The average molecular weight is 463 g/mol. The van der Waals surface area contributed by atoms with E-state index < -0.39 is 5.97 Å². The first-order valence-electron chi connectivity index (χ1n) is 8.32. The number of carbonyl (C=O) groups is 2. The summed E-state index contributed by atoms with van der Waals surface area (Å²) in [5.41, 5.74) is 2.12. The largest absolute Gasteiger partial charge is 0.496 e. The topological polar surface area (TPSA) is 55.8 Å². The van der Waals surface area contributed by atoms with Crippen molar-refractivity contribution in [3.63, 3.8) is 0 Å². The zero-order chi connectivity index (χ0) is 20.4. The van der Waals surface area contributed by atoms with E-state index in [1.54, 1.807) is 50.4 Å². The molecule has 0 radical (unpaired) electrons. The molecule has 144 valence electrons. The predicted molar refractivity (Wildman–Crippen MR) is 112 cm³/mol. The highest BCUT2D eigenvalue weighted by Crippen LogP contribution is 2.37. The molecule has 3 rings (SSSR count). The summed E-state index contributed by atoms with van der Waals surface area (Å²) in [6.07, 6.45) is 1.63.